The second-order valence-corrected chi connectivity index (χ2v) is 6.07. The average molecular weight is 294 g/mol. The van der Waals surface area contributed by atoms with Gasteiger partial charge in [-0.3, -0.25) is 0 Å². The number of hydrogen-bond acceptors (Lipinski definition) is 3. The Hall–Kier alpha value is -1.13. The van der Waals surface area contributed by atoms with E-state index in [1.807, 2.05) is 6.07 Å². The molecule has 21 heavy (non-hydrogen) atoms. The number of likely N-dealkylation sites (tertiary alicyclic amines) is 1. The van der Waals surface area contributed by atoms with Gasteiger partial charge in [0, 0.05) is 13.1 Å². The number of halogens is 1. The van der Waals surface area contributed by atoms with Crippen LogP contribution < -0.4 is 10.1 Å². The Bertz CT molecular complexity index is 433. The molecule has 1 saturated heterocycles. The van der Waals surface area contributed by atoms with Gasteiger partial charge in [0.1, 0.15) is 0 Å². The predicted octanol–water partition coefficient (Wildman–Crippen LogP) is 3.05. The highest BCUT2D eigenvalue weighted by Crippen LogP contribution is 2.17. The fraction of sp³-hybridized carbons (Fsp3) is 0.647. The van der Waals surface area contributed by atoms with E-state index in [4.69, 9.17) is 4.74 Å². The Morgan fingerprint density at radius 2 is 2.05 bits per heavy atom. The number of rotatable bonds is 7. The summed E-state index contributed by atoms with van der Waals surface area (Å²) < 4.78 is 18.5. The average Bonchev–Trinajstić information content (AvgIpc) is 2.48. The molecule has 0 spiro atoms. The maximum absolute atomic E-state index is 13.6. The van der Waals surface area contributed by atoms with Crippen molar-refractivity contribution in [3.63, 3.8) is 0 Å². The van der Waals surface area contributed by atoms with Gasteiger partial charge in [-0.2, -0.15) is 0 Å². The molecular formula is C17H27FN2O. The topological polar surface area (TPSA) is 24.5 Å². The van der Waals surface area contributed by atoms with E-state index < -0.39 is 0 Å². The number of hydrogen-bond donors (Lipinski definition) is 1. The van der Waals surface area contributed by atoms with Crippen LogP contribution in [-0.2, 0) is 6.54 Å². The second kappa shape index (κ2) is 8.35. The molecule has 4 heteroatoms. The Kier molecular flexibility index (Phi) is 6.46. The monoisotopic (exact) mass is 294 g/mol. The normalized spacial score (nSPS) is 17.7. The van der Waals surface area contributed by atoms with E-state index in [1.54, 1.807) is 12.1 Å². The zero-order valence-corrected chi connectivity index (χ0v) is 13.2. The summed E-state index contributed by atoms with van der Waals surface area (Å²) in [5, 5.41) is 3.42. The molecule has 1 atom stereocenters. The Balaban J connectivity index is 1.69. The van der Waals surface area contributed by atoms with Gasteiger partial charge in [-0.05, 0) is 56.1 Å². The van der Waals surface area contributed by atoms with Gasteiger partial charge in [-0.15, -0.1) is 0 Å². The van der Waals surface area contributed by atoms with Crippen LogP contribution in [0.25, 0.3) is 0 Å². The highest BCUT2D eigenvalue weighted by Gasteiger charge is 2.13. The van der Waals surface area contributed by atoms with Gasteiger partial charge >= 0.3 is 0 Å². The van der Waals surface area contributed by atoms with Gasteiger partial charge in [-0.25, -0.2) is 4.39 Å². The molecule has 1 unspecified atom stereocenters. The Morgan fingerprint density at radius 1 is 1.29 bits per heavy atom. The molecule has 1 aromatic rings. The highest BCUT2D eigenvalue weighted by atomic mass is 19.1. The Labute approximate surface area is 127 Å². The van der Waals surface area contributed by atoms with E-state index in [9.17, 15) is 4.39 Å². The van der Waals surface area contributed by atoms with Crippen molar-refractivity contribution >= 4 is 0 Å². The van der Waals surface area contributed by atoms with Crippen LogP contribution in [0.15, 0.2) is 18.2 Å². The molecule has 1 aromatic carbocycles. The van der Waals surface area contributed by atoms with Crippen molar-refractivity contribution in [2.24, 2.45) is 5.92 Å². The molecule has 0 bridgehead atoms. The van der Waals surface area contributed by atoms with Crippen molar-refractivity contribution in [3.8, 4) is 5.75 Å². The summed E-state index contributed by atoms with van der Waals surface area (Å²) in [4.78, 5) is 2.56. The lowest BCUT2D eigenvalue weighted by atomic mass is 10.1. The van der Waals surface area contributed by atoms with Crippen LogP contribution in [0.3, 0.4) is 0 Å². The summed E-state index contributed by atoms with van der Waals surface area (Å²) in [5.41, 5.74) is 0.957. The van der Waals surface area contributed by atoms with E-state index in [0.717, 1.165) is 18.7 Å². The number of nitrogens with zero attached hydrogens (tertiary/aromatic N) is 1. The van der Waals surface area contributed by atoms with Crippen molar-refractivity contribution in [2.75, 3.05) is 33.3 Å². The first-order valence-electron chi connectivity index (χ1n) is 7.94. The number of nitrogens with one attached hydrogen (secondary N) is 1. The SMILES string of the molecule is COc1ccc(CNCC(C)CN2CCCCC2)cc1F. The van der Waals surface area contributed by atoms with Crippen molar-refractivity contribution in [3.05, 3.63) is 29.6 Å². The zero-order chi connectivity index (χ0) is 15.1. The first-order chi connectivity index (χ1) is 10.2. The molecule has 3 nitrogen and oxygen atoms in total. The summed E-state index contributed by atoms with van der Waals surface area (Å²) in [6.45, 7) is 7.58. The quantitative estimate of drug-likeness (QED) is 0.836. The van der Waals surface area contributed by atoms with Gasteiger partial charge in [0.15, 0.2) is 11.6 Å². The Morgan fingerprint density at radius 3 is 2.71 bits per heavy atom. The zero-order valence-electron chi connectivity index (χ0n) is 13.2. The van der Waals surface area contributed by atoms with E-state index >= 15 is 0 Å². The lowest BCUT2D eigenvalue weighted by Gasteiger charge is -2.29. The van der Waals surface area contributed by atoms with Crippen LogP contribution in [0, 0.1) is 11.7 Å². The minimum Gasteiger partial charge on any atom is -0.494 e. The second-order valence-electron chi connectivity index (χ2n) is 6.07. The van der Waals surface area contributed by atoms with Gasteiger partial charge in [0.2, 0.25) is 0 Å². The standard InChI is InChI=1S/C17H27FN2O/c1-14(13-20-8-4-3-5-9-20)11-19-12-15-6-7-17(21-2)16(18)10-15/h6-7,10,14,19H,3-5,8-9,11-13H2,1-2H3. The van der Waals surface area contributed by atoms with Crippen LogP contribution in [0.2, 0.25) is 0 Å². The molecule has 0 radical (unpaired) electrons. The molecule has 0 aromatic heterocycles. The molecule has 1 aliphatic rings. The molecule has 0 saturated carbocycles. The smallest absolute Gasteiger partial charge is 0.165 e. The minimum absolute atomic E-state index is 0.293. The van der Waals surface area contributed by atoms with Crippen LogP contribution in [0.4, 0.5) is 4.39 Å². The number of methoxy groups -OCH3 is 1. The number of ether oxygens (including phenoxy) is 1. The molecule has 0 amide bonds. The summed E-state index contributed by atoms with van der Waals surface area (Å²) >= 11 is 0. The lowest BCUT2D eigenvalue weighted by Crippen LogP contribution is -2.36. The molecule has 1 aliphatic heterocycles. The molecule has 1 fully saturated rings. The van der Waals surface area contributed by atoms with Gasteiger partial charge in [0.05, 0.1) is 7.11 Å². The molecule has 1 N–H and O–H groups in total. The first-order valence-corrected chi connectivity index (χ1v) is 7.94. The van der Waals surface area contributed by atoms with Gasteiger partial charge < -0.3 is 15.0 Å². The van der Waals surface area contributed by atoms with Crippen LogP contribution >= 0.6 is 0 Å². The molecule has 1 heterocycles. The third-order valence-electron chi connectivity index (χ3n) is 4.06. The van der Waals surface area contributed by atoms with Crippen LogP contribution in [0.5, 0.6) is 5.75 Å². The number of benzene rings is 1. The third kappa shape index (κ3) is 5.29. The fourth-order valence-corrected chi connectivity index (χ4v) is 2.93. The summed E-state index contributed by atoms with van der Waals surface area (Å²) in [6, 6.07) is 5.13. The third-order valence-corrected chi connectivity index (χ3v) is 4.06. The van der Waals surface area contributed by atoms with E-state index in [-0.39, 0.29) is 5.82 Å². The fourth-order valence-electron chi connectivity index (χ4n) is 2.93. The van der Waals surface area contributed by atoms with E-state index in [0.29, 0.717) is 18.2 Å². The lowest BCUT2D eigenvalue weighted by molar-refractivity contribution is 0.199. The minimum atomic E-state index is -0.293. The van der Waals surface area contributed by atoms with Gasteiger partial charge in [0.25, 0.3) is 0 Å². The molecule has 118 valence electrons. The predicted molar refractivity (Wildman–Crippen MR) is 84.1 cm³/mol. The molecular weight excluding hydrogens is 267 g/mol. The number of piperidine rings is 1. The van der Waals surface area contributed by atoms with Crippen molar-refractivity contribution < 1.29 is 9.13 Å². The van der Waals surface area contributed by atoms with Crippen molar-refractivity contribution in [1.82, 2.24) is 10.2 Å². The first kappa shape index (κ1) is 16.2. The summed E-state index contributed by atoms with van der Waals surface area (Å²) in [7, 11) is 1.48. The van der Waals surface area contributed by atoms with Crippen LogP contribution in [0.1, 0.15) is 31.7 Å². The van der Waals surface area contributed by atoms with Crippen molar-refractivity contribution in [2.45, 2.75) is 32.7 Å². The van der Waals surface area contributed by atoms with E-state index in [2.05, 4.69) is 17.1 Å². The van der Waals surface area contributed by atoms with E-state index in [1.165, 1.54) is 39.5 Å². The van der Waals surface area contributed by atoms with Crippen molar-refractivity contribution in [1.29, 1.82) is 0 Å². The maximum Gasteiger partial charge on any atom is 0.165 e. The highest BCUT2D eigenvalue weighted by molar-refractivity contribution is 5.29. The van der Waals surface area contributed by atoms with Gasteiger partial charge in [-0.1, -0.05) is 19.4 Å². The molecule has 0 aliphatic carbocycles. The summed E-state index contributed by atoms with van der Waals surface area (Å²) in [5.74, 6) is 0.626. The molecule has 2 rings (SSSR count). The summed E-state index contributed by atoms with van der Waals surface area (Å²) in [6.07, 6.45) is 4.06. The largest absolute Gasteiger partial charge is 0.494 e. The van der Waals surface area contributed by atoms with Crippen LogP contribution in [-0.4, -0.2) is 38.2 Å². The maximum atomic E-state index is 13.6.